The van der Waals surface area contributed by atoms with Crippen molar-refractivity contribution in [3.8, 4) is 0 Å². The van der Waals surface area contributed by atoms with E-state index in [0.29, 0.717) is 17.5 Å². The molecule has 0 fully saturated rings. The average molecular weight is 309 g/mol. The highest BCUT2D eigenvalue weighted by atomic mass is 16.5. The van der Waals surface area contributed by atoms with Gasteiger partial charge in [0.05, 0.1) is 0 Å². The van der Waals surface area contributed by atoms with E-state index in [4.69, 9.17) is 4.52 Å². The van der Waals surface area contributed by atoms with Crippen LogP contribution in [0.5, 0.6) is 0 Å². The number of rotatable bonds is 5. The fourth-order valence-corrected chi connectivity index (χ4v) is 2.31. The van der Waals surface area contributed by atoms with Crippen LogP contribution in [0.15, 0.2) is 47.0 Å². The summed E-state index contributed by atoms with van der Waals surface area (Å²) in [5, 5.41) is 7.06. The van der Waals surface area contributed by atoms with Gasteiger partial charge in [-0.25, -0.2) is 9.97 Å². The Hall–Kier alpha value is -2.89. The highest BCUT2D eigenvalue weighted by molar-refractivity contribution is 5.56. The molecule has 0 aliphatic heterocycles. The smallest absolute Gasteiger partial charge is 0.175 e. The molecule has 1 N–H and O–H groups in total. The second-order valence-corrected chi connectivity index (χ2v) is 5.45. The molecule has 0 aliphatic carbocycles. The Morgan fingerprint density at radius 2 is 1.83 bits per heavy atom. The maximum atomic E-state index is 5.06. The molecule has 0 bridgehead atoms. The van der Waals surface area contributed by atoms with Gasteiger partial charge in [0.2, 0.25) is 0 Å². The van der Waals surface area contributed by atoms with Crippen molar-refractivity contribution < 1.29 is 4.52 Å². The number of benzene rings is 1. The normalized spacial score (nSPS) is 10.6. The van der Waals surface area contributed by atoms with Gasteiger partial charge in [0.1, 0.15) is 23.2 Å². The maximum Gasteiger partial charge on any atom is 0.175 e. The summed E-state index contributed by atoms with van der Waals surface area (Å²) in [6, 6.07) is 14.0. The molecule has 0 spiro atoms. The summed E-state index contributed by atoms with van der Waals surface area (Å²) in [7, 11) is 2.01. The lowest BCUT2D eigenvalue weighted by Crippen LogP contribution is -2.18. The first-order chi connectivity index (χ1) is 11.1. The molecular weight excluding hydrogens is 290 g/mol. The van der Waals surface area contributed by atoms with E-state index in [9.17, 15) is 0 Å². The molecule has 23 heavy (non-hydrogen) atoms. The summed E-state index contributed by atoms with van der Waals surface area (Å²) in [6.07, 6.45) is 0. The highest BCUT2D eigenvalue weighted by Crippen LogP contribution is 2.20. The van der Waals surface area contributed by atoms with Crippen molar-refractivity contribution in [2.75, 3.05) is 17.3 Å². The lowest BCUT2D eigenvalue weighted by atomic mass is 10.2. The number of nitrogens with zero attached hydrogens (tertiary/aromatic N) is 4. The molecule has 2 heterocycles. The van der Waals surface area contributed by atoms with Gasteiger partial charge >= 0.3 is 0 Å². The number of anilines is 3. The Labute approximate surface area is 135 Å². The molecule has 0 saturated heterocycles. The standard InChI is InChI=1S/C17H19N5O/c1-12-9-16(21-23-12)20-15-10-17(19-13(2)18-15)22(3)11-14-7-5-4-6-8-14/h4-10H,11H2,1-3H3,(H,18,19,20,21). The second kappa shape index (κ2) is 6.48. The van der Waals surface area contributed by atoms with Crippen molar-refractivity contribution in [2.45, 2.75) is 20.4 Å². The number of hydrogen-bond donors (Lipinski definition) is 1. The van der Waals surface area contributed by atoms with E-state index >= 15 is 0 Å². The van der Waals surface area contributed by atoms with Crippen molar-refractivity contribution in [1.29, 1.82) is 0 Å². The van der Waals surface area contributed by atoms with Crippen LogP contribution >= 0.6 is 0 Å². The molecule has 0 saturated carbocycles. The third-order valence-corrected chi connectivity index (χ3v) is 3.36. The van der Waals surface area contributed by atoms with Gasteiger partial charge in [-0.05, 0) is 19.4 Å². The van der Waals surface area contributed by atoms with Gasteiger partial charge in [0.15, 0.2) is 5.82 Å². The van der Waals surface area contributed by atoms with Gasteiger partial charge in [-0.3, -0.25) is 0 Å². The van der Waals surface area contributed by atoms with Crippen LogP contribution in [0.3, 0.4) is 0 Å². The van der Waals surface area contributed by atoms with Crippen LogP contribution in [0.1, 0.15) is 17.1 Å². The lowest BCUT2D eigenvalue weighted by Gasteiger charge is -2.19. The molecule has 0 radical (unpaired) electrons. The zero-order chi connectivity index (χ0) is 16.2. The average Bonchev–Trinajstić information content (AvgIpc) is 2.92. The minimum atomic E-state index is 0.636. The highest BCUT2D eigenvalue weighted by Gasteiger charge is 2.09. The SMILES string of the molecule is Cc1nc(Nc2cc(C)on2)cc(N(C)Cc2ccccc2)n1. The van der Waals surface area contributed by atoms with E-state index in [1.165, 1.54) is 5.56 Å². The van der Waals surface area contributed by atoms with Crippen LogP contribution in [0, 0.1) is 13.8 Å². The minimum absolute atomic E-state index is 0.636. The molecule has 0 atom stereocenters. The number of nitrogens with one attached hydrogen (secondary N) is 1. The molecule has 2 aromatic heterocycles. The van der Waals surface area contributed by atoms with E-state index < -0.39 is 0 Å². The maximum absolute atomic E-state index is 5.06. The Kier molecular flexibility index (Phi) is 4.23. The molecule has 6 nitrogen and oxygen atoms in total. The van der Waals surface area contributed by atoms with Crippen LogP contribution in [-0.2, 0) is 6.54 Å². The zero-order valence-electron chi connectivity index (χ0n) is 13.4. The van der Waals surface area contributed by atoms with Crippen LogP contribution in [-0.4, -0.2) is 22.2 Å². The first-order valence-corrected chi connectivity index (χ1v) is 7.41. The molecule has 3 rings (SSSR count). The number of aryl methyl sites for hydroxylation is 2. The van der Waals surface area contributed by atoms with Crippen molar-refractivity contribution in [1.82, 2.24) is 15.1 Å². The fourth-order valence-electron chi connectivity index (χ4n) is 2.31. The van der Waals surface area contributed by atoms with Crippen LogP contribution in [0.4, 0.5) is 17.5 Å². The van der Waals surface area contributed by atoms with Gasteiger partial charge in [-0.2, -0.15) is 0 Å². The zero-order valence-corrected chi connectivity index (χ0v) is 13.4. The van der Waals surface area contributed by atoms with Crippen LogP contribution < -0.4 is 10.2 Å². The van der Waals surface area contributed by atoms with E-state index in [2.05, 4.69) is 37.5 Å². The van der Waals surface area contributed by atoms with Crippen LogP contribution in [0.2, 0.25) is 0 Å². The Morgan fingerprint density at radius 3 is 2.52 bits per heavy atom. The van der Waals surface area contributed by atoms with E-state index in [-0.39, 0.29) is 0 Å². The first kappa shape index (κ1) is 15.0. The van der Waals surface area contributed by atoms with Gasteiger partial charge < -0.3 is 14.7 Å². The largest absolute Gasteiger partial charge is 0.360 e. The van der Waals surface area contributed by atoms with E-state index in [1.807, 2.05) is 51.2 Å². The molecule has 1 aromatic carbocycles. The van der Waals surface area contributed by atoms with Crippen LogP contribution in [0.25, 0.3) is 0 Å². The van der Waals surface area contributed by atoms with Gasteiger partial charge in [0.25, 0.3) is 0 Å². The van der Waals surface area contributed by atoms with Gasteiger partial charge in [-0.15, -0.1) is 0 Å². The van der Waals surface area contributed by atoms with Crippen molar-refractivity contribution >= 4 is 17.5 Å². The van der Waals surface area contributed by atoms with Crippen molar-refractivity contribution in [3.63, 3.8) is 0 Å². The summed E-state index contributed by atoms with van der Waals surface area (Å²) in [6.45, 7) is 4.50. The first-order valence-electron chi connectivity index (χ1n) is 7.41. The molecule has 0 amide bonds. The second-order valence-electron chi connectivity index (χ2n) is 5.45. The summed E-state index contributed by atoms with van der Waals surface area (Å²) >= 11 is 0. The Balaban J connectivity index is 1.79. The van der Waals surface area contributed by atoms with E-state index in [1.54, 1.807) is 0 Å². The predicted molar refractivity (Wildman–Crippen MR) is 89.8 cm³/mol. The van der Waals surface area contributed by atoms with Gasteiger partial charge in [-0.1, -0.05) is 35.5 Å². The molecule has 0 unspecified atom stereocenters. The molecule has 0 aliphatic rings. The minimum Gasteiger partial charge on any atom is -0.360 e. The summed E-state index contributed by atoms with van der Waals surface area (Å²) in [4.78, 5) is 11.0. The number of hydrogen-bond acceptors (Lipinski definition) is 6. The monoisotopic (exact) mass is 309 g/mol. The topological polar surface area (TPSA) is 67.1 Å². The summed E-state index contributed by atoms with van der Waals surface area (Å²) in [5.41, 5.74) is 1.23. The molecule has 3 aromatic rings. The molecular formula is C17H19N5O. The Bertz CT molecular complexity index is 785. The third-order valence-electron chi connectivity index (χ3n) is 3.36. The van der Waals surface area contributed by atoms with E-state index in [0.717, 1.165) is 18.1 Å². The fraction of sp³-hybridized carbons (Fsp3) is 0.235. The summed E-state index contributed by atoms with van der Waals surface area (Å²) < 4.78 is 5.06. The van der Waals surface area contributed by atoms with Gasteiger partial charge in [0, 0.05) is 25.7 Å². The Morgan fingerprint density at radius 1 is 1.04 bits per heavy atom. The van der Waals surface area contributed by atoms with Crippen molar-refractivity contribution in [3.05, 3.63) is 59.6 Å². The van der Waals surface area contributed by atoms with Crippen molar-refractivity contribution in [2.24, 2.45) is 0 Å². The lowest BCUT2D eigenvalue weighted by molar-refractivity contribution is 0.400. The predicted octanol–water partition coefficient (Wildman–Crippen LogP) is 3.46. The third kappa shape index (κ3) is 3.85. The molecule has 6 heteroatoms. The quantitative estimate of drug-likeness (QED) is 0.778. The summed E-state index contributed by atoms with van der Waals surface area (Å²) in [5.74, 6) is 3.63. The molecule has 118 valence electrons. The number of aromatic nitrogens is 3.